The minimum absolute atomic E-state index is 0.152. The molecule has 1 saturated carbocycles. The molecular weight excluding hydrogens is 250 g/mol. The van der Waals surface area contributed by atoms with Gasteiger partial charge in [0.2, 0.25) is 0 Å². The average molecular weight is 279 g/mol. The van der Waals surface area contributed by atoms with Crippen LogP contribution in [0.15, 0.2) is 6.33 Å². The normalized spacial score (nSPS) is 19.2. The molecule has 5 nitrogen and oxygen atoms in total. The van der Waals surface area contributed by atoms with Crippen LogP contribution in [0.25, 0.3) is 0 Å². The molecule has 20 heavy (non-hydrogen) atoms. The third-order valence-corrected chi connectivity index (χ3v) is 4.73. The van der Waals surface area contributed by atoms with E-state index >= 15 is 0 Å². The molecule has 2 rings (SSSR count). The van der Waals surface area contributed by atoms with Gasteiger partial charge in [0.15, 0.2) is 0 Å². The van der Waals surface area contributed by atoms with E-state index in [4.69, 9.17) is 5.73 Å². The Kier molecular flexibility index (Phi) is 5.54. The Bertz CT molecular complexity index is 393. The summed E-state index contributed by atoms with van der Waals surface area (Å²) in [5.74, 6) is 1.06. The Morgan fingerprint density at radius 3 is 2.60 bits per heavy atom. The molecule has 1 aromatic heterocycles. The first-order chi connectivity index (χ1) is 9.72. The van der Waals surface area contributed by atoms with E-state index in [2.05, 4.69) is 29.0 Å². The van der Waals surface area contributed by atoms with Gasteiger partial charge >= 0.3 is 0 Å². The molecule has 0 atom stereocenters. The number of aryl methyl sites for hydroxylation is 1. The van der Waals surface area contributed by atoms with Gasteiger partial charge in [0.1, 0.15) is 12.2 Å². The molecule has 1 heterocycles. The molecule has 0 radical (unpaired) electrons. The lowest BCUT2D eigenvalue weighted by Gasteiger charge is -2.40. The quantitative estimate of drug-likeness (QED) is 0.811. The fourth-order valence-electron chi connectivity index (χ4n) is 3.32. The van der Waals surface area contributed by atoms with Gasteiger partial charge in [-0.1, -0.05) is 32.6 Å². The van der Waals surface area contributed by atoms with Gasteiger partial charge < -0.3 is 5.73 Å². The SMILES string of the molecule is CCCn1ncnc1CN(C)C1(CN)CCCCCC1. The molecule has 0 amide bonds. The lowest BCUT2D eigenvalue weighted by Crippen LogP contribution is -2.51. The van der Waals surface area contributed by atoms with Crippen molar-refractivity contribution in [2.45, 2.75) is 70.5 Å². The zero-order valence-corrected chi connectivity index (χ0v) is 13.0. The van der Waals surface area contributed by atoms with Gasteiger partial charge in [0.25, 0.3) is 0 Å². The first kappa shape index (κ1) is 15.4. The maximum absolute atomic E-state index is 6.15. The van der Waals surface area contributed by atoms with Crippen LogP contribution in [0.4, 0.5) is 0 Å². The zero-order valence-electron chi connectivity index (χ0n) is 13.0. The summed E-state index contributed by atoms with van der Waals surface area (Å²) in [5, 5.41) is 4.32. The fraction of sp³-hybridized carbons (Fsp3) is 0.867. The van der Waals surface area contributed by atoms with Crippen LogP contribution < -0.4 is 5.73 Å². The van der Waals surface area contributed by atoms with Crippen molar-refractivity contribution in [1.29, 1.82) is 0 Å². The van der Waals surface area contributed by atoms with Crippen LogP contribution >= 0.6 is 0 Å². The summed E-state index contributed by atoms with van der Waals surface area (Å²) in [6.45, 7) is 4.70. The van der Waals surface area contributed by atoms with Crippen molar-refractivity contribution < 1.29 is 0 Å². The molecule has 1 aliphatic carbocycles. The third kappa shape index (κ3) is 3.38. The summed E-state index contributed by atoms with van der Waals surface area (Å²) < 4.78 is 2.03. The fourth-order valence-corrected chi connectivity index (χ4v) is 3.32. The highest BCUT2D eigenvalue weighted by Gasteiger charge is 2.34. The summed E-state index contributed by atoms with van der Waals surface area (Å²) >= 11 is 0. The summed E-state index contributed by atoms with van der Waals surface area (Å²) in [6.07, 6.45) is 10.5. The molecule has 1 aromatic rings. The number of likely N-dealkylation sites (N-methyl/N-ethyl adjacent to an activating group) is 1. The van der Waals surface area contributed by atoms with Crippen LogP contribution in [0.1, 0.15) is 57.7 Å². The molecule has 2 N–H and O–H groups in total. The van der Waals surface area contributed by atoms with E-state index in [9.17, 15) is 0 Å². The minimum atomic E-state index is 0.152. The molecule has 114 valence electrons. The van der Waals surface area contributed by atoms with Crippen molar-refractivity contribution >= 4 is 0 Å². The molecule has 0 saturated heterocycles. The monoisotopic (exact) mass is 279 g/mol. The lowest BCUT2D eigenvalue weighted by molar-refractivity contribution is 0.0952. The summed E-state index contributed by atoms with van der Waals surface area (Å²) in [4.78, 5) is 6.85. The molecular formula is C15H29N5. The highest BCUT2D eigenvalue weighted by atomic mass is 15.4. The highest BCUT2D eigenvalue weighted by molar-refractivity contribution is 4.95. The summed E-state index contributed by atoms with van der Waals surface area (Å²) in [7, 11) is 2.20. The molecule has 5 heteroatoms. The first-order valence-electron chi connectivity index (χ1n) is 8.00. The van der Waals surface area contributed by atoms with Crippen molar-refractivity contribution in [2.75, 3.05) is 13.6 Å². The molecule has 1 aliphatic rings. The predicted octanol–water partition coefficient (Wildman–Crippen LogP) is 2.17. The Labute approximate surface area is 122 Å². The van der Waals surface area contributed by atoms with Gasteiger partial charge in [0.05, 0.1) is 6.54 Å². The van der Waals surface area contributed by atoms with E-state index in [0.29, 0.717) is 0 Å². The van der Waals surface area contributed by atoms with Gasteiger partial charge in [-0.3, -0.25) is 4.90 Å². The molecule has 0 unspecified atom stereocenters. The van der Waals surface area contributed by atoms with Crippen LogP contribution in [0.2, 0.25) is 0 Å². The van der Waals surface area contributed by atoms with Crippen LogP contribution in [-0.4, -0.2) is 38.8 Å². The molecule has 0 aliphatic heterocycles. The van der Waals surface area contributed by atoms with E-state index < -0.39 is 0 Å². The topological polar surface area (TPSA) is 60.0 Å². The Hall–Kier alpha value is -0.940. The maximum atomic E-state index is 6.15. The lowest BCUT2D eigenvalue weighted by atomic mass is 9.88. The molecule has 0 spiro atoms. The Morgan fingerprint density at radius 1 is 1.30 bits per heavy atom. The van der Waals surface area contributed by atoms with Gasteiger partial charge in [-0.2, -0.15) is 5.10 Å². The van der Waals surface area contributed by atoms with Crippen LogP contribution in [0.5, 0.6) is 0 Å². The van der Waals surface area contributed by atoms with Gasteiger partial charge in [-0.05, 0) is 26.3 Å². The predicted molar refractivity (Wildman–Crippen MR) is 81.3 cm³/mol. The number of rotatable bonds is 6. The van der Waals surface area contributed by atoms with E-state index in [0.717, 1.165) is 31.9 Å². The van der Waals surface area contributed by atoms with Crippen molar-refractivity contribution in [3.8, 4) is 0 Å². The second-order valence-corrected chi connectivity index (χ2v) is 6.10. The van der Waals surface area contributed by atoms with Crippen molar-refractivity contribution in [3.05, 3.63) is 12.2 Å². The van der Waals surface area contributed by atoms with Crippen molar-refractivity contribution in [3.63, 3.8) is 0 Å². The highest BCUT2D eigenvalue weighted by Crippen LogP contribution is 2.31. The minimum Gasteiger partial charge on any atom is -0.329 e. The number of nitrogens with two attached hydrogens (primary N) is 1. The van der Waals surface area contributed by atoms with Gasteiger partial charge in [-0.15, -0.1) is 0 Å². The molecule has 1 fully saturated rings. The van der Waals surface area contributed by atoms with Crippen LogP contribution in [-0.2, 0) is 13.1 Å². The maximum Gasteiger partial charge on any atom is 0.141 e. The standard InChI is InChI=1S/C15H29N5/c1-3-10-20-14(17-13-18-20)11-19(2)15(12-16)8-6-4-5-7-9-15/h13H,3-12,16H2,1-2H3. The summed E-state index contributed by atoms with van der Waals surface area (Å²) in [5.41, 5.74) is 6.30. The number of nitrogens with zero attached hydrogens (tertiary/aromatic N) is 4. The number of aromatic nitrogens is 3. The second kappa shape index (κ2) is 7.18. The molecule has 0 aromatic carbocycles. The van der Waals surface area contributed by atoms with Gasteiger partial charge in [-0.25, -0.2) is 9.67 Å². The first-order valence-corrected chi connectivity index (χ1v) is 8.00. The van der Waals surface area contributed by atoms with Crippen molar-refractivity contribution in [1.82, 2.24) is 19.7 Å². The number of hydrogen-bond acceptors (Lipinski definition) is 4. The van der Waals surface area contributed by atoms with E-state index in [1.807, 2.05) is 4.68 Å². The van der Waals surface area contributed by atoms with Crippen molar-refractivity contribution in [2.24, 2.45) is 5.73 Å². The third-order valence-electron chi connectivity index (χ3n) is 4.73. The Morgan fingerprint density at radius 2 is 2.00 bits per heavy atom. The zero-order chi connectivity index (χ0) is 14.4. The van der Waals surface area contributed by atoms with Gasteiger partial charge in [0, 0.05) is 18.6 Å². The smallest absolute Gasteiger partial charge is 0.141 e. The van der Waals surface area contributed by atoms with E-state index in [-0.39, 0.29) is 5.54 Å². The van der Waals surface area contributed by atoms with E-state index in [1.165, 1.54) is 38.5 Å². The second-order valence-electron chi connectivity index (χ2n) is 6.10. The Balaban J connectivity index is 2.08. The summed E-state index contributed by atoms with van der Waals surface area (Å²) in [6, 6.07) is 0. The number of hydrogen-bond donors (Lipinski definition) is 1. The van der Waals surface area contributed by atoms with Crippen LogP contribution in [0, 0.1) is 0 Å². The molecule has 0 bridgehead atoms. The van der Waals surface area contributed by atoms with Crippen LogP contribution in [0.3, 0.4) is 0 Å². The largest absolute Gasteiger partial charge is 0.329 e. The average Bonchev–Trinajstić information content (AvgIpc) is 2.75. The van der Waals surface area contributed by atoms with E-state index in [1.54, 1.807) is 6.33 Å².